The molecule has 12 aromatic rings. The van der Waals surface area contributed by atoms with E-state index in [1.165, 1.54) is 79.0 Å². The van der Waals surface area contributed by atoms with Crippen LogP contribution in [0.25, 0.3) is 113 Å². The predicted octanol–water partition coefficient (Wildman–Crippen LogP) is 14.4. The molecule has 266 valence electrons. The van der Waals surface area contributed by atoms with Crippen LogP contribution in [0.5, 0.6) is 0 Å². The molecule has 0 saturated carbocycles. The van der Waals surface area contributed by atoms with Crippen LogP contribution in [0.3, 0.4) is 0 Å². The Morgan fingerprint density at radius 1 is 0.333 bits per heavy atom. The molecule has 6 heteroatoms. The van der Waals surface area contributed by atoms with E-state index in [1.54, 1.807) is 0 Å². The lowest BCUT2D eigenvalue weighted by atomic mass is 10.0. The summed E-state index contributed by atoms with van der Waals surface area (Å²) in [6.07, 6.45) is 0. The van der Waals surface area contributed by atoms with Gasteiger partial charge in [0.25, 0.3) is 0 Å². The number of benzene rings is 8. The predicted molar refractivity (Wildman–Crippen MR) is 242 cm³/mol. The standard InChI is InChI=1S/C51H30N4S2/c1-3-13-31(14-4-1)49-52-50(32-15-5-2-6-16-32)54-51(53-49)34-26-28-38-40-20-11-19-35(47(40)56-46(38)30-34)33-25-27-39-41-21-12-24-44(48(41)57-45(39)29-33)55-42-22-9-7-17-36(42)37-18-8-10-23-43(37)55/h1-30H. The van der Waals surface area contributed by atoms with Crippen molar-refractivity contribution in [1.29, 1.82) is 0 Å². The van der Waals surface area contributed by atoms with Gasteiger partial charge in [-0.2, -0.15) is 0 Å². The smallest absolute Gasteiger partial charge is 0.164 e. The first kappa shape index (κ1) is 32.3. The lowest BCUT2D eigenvalue weighted by Crippen LogP contribution is -1.99. The van der Waals surface area contributed by atoms with Crippen molar-refractivity contribution in [1.82, 2.24) is 19.5 Å². The zero-order valence-corrected chi connectivity index (χ0v) is 32.1. The van der Waals surface area contributed by atoms with Gasteiger partial charge in [-0.1, -0.05) is 152 Å². The monoisotopic (exact) mass is 762 g/mol. The van der Waals surface area contributed by atoms with E-state index in [-0.39, 0.29) is 0 Å². The molecular formula is C51H30N4S2. The molecule has 0 aliphatic rings. The van der Waals surface area contributed by atoms with Crippen molar-refractivity contribution >= 4 is 84.8 Å². The summed E-state index contributed by atoms with van der Waals surface area (Å²) in [6.45, 7) is 0. The quantitative estimate of drug-likeness (QED) is 0.175. The van der Waals surface area contributed by atoms with E-state index in [4.69, 9.17) is 15.0 Å². The summed E-state index contributed by atoms with van der Waals surface area (Å²) in [5, 5.41) is 7.63. The molecule has 0 bridgehead atoms. The Morgan fingerprint density at radius 3 is 1.44 bits per heavy atom. The molecule has 0 amide bonds. The molecule has 0 fully saturated rings. The maximum atomic E-state index is 5.01. The normalized spacial score (nSPS) is 11.9. The van der Waals surface area contributed by atoms with E-state index >= 15 is 0 Å². The van der Waals surface area contributed by atoms with Crippen LogP contribution in [0.1, 0.15) is 0 Å². The minimum Gasteiger partial charge on any atom is -0.308 e. The van der Waals surface area contributed by atoms with Gasteiger partial charge in [0.05, 0.1) is 21.4 Å². The number of rotatable bonds is 5. The van der Waals surface area contributed by atoms with Gasteiger partial charge < -0.3 is 4.57 Å². The van der Waals surface area contributed by atoms with Gasteiger partial charge in [0.15, 0.2) is 17.5 Å². The van der Waals surface area contributed by atoms with Gasteiger partial charge >= 0.3 is 0 Å². The number of hydrogen-bond donors (Lipinski definition) is 0. The third-order valence-electron chi connectivity index (χ3n) is 11.1. The van der Waals surface area contributed by atoms with E-state index in [1.807, 2.05) is 83.3 Å². The molecule has 0 spiro atoms. The Bertz CT molecular complexity index is 3410. The summed E-state index contributed by atoms with van der Waals surface area (Å²) in [4.78, 5) is 14.9. The van der Waals surface area contributed by atoms with Crippen molar-refractivity contribution in [3.05, 3.63) is 182 Å². The fraction of sp³-hybridized carbons (Fsp3) is 0. The number of aromatic nitrogens is 4. The summed E-state index contributed by atoms with van der Waals surface area (Å²) in [5.74, 6) is 1.99. The molecule has 0 radical (unpaired) electrons. The van der Waals surface area contributed by atoms with Gasteiger partial charge in [0.1, 0.15) is 0 Å². The topological polar surface area (TPSA) is 43.6 Å². The van der Waals surface area contributed by atoms with Crippen LogP contribution in [0.4, 0.5) is 0 Å². The third-order valence-corrected chi connectivity index (χ3v) is 13.5. The van der Waals surface area contributed by atoms with E-state index in [0.29, 0.717) is 17.5 Å². The number of nitrogens with zero attached hydrogens (tertiary/aromatic N) is 4. The Labute approximate surface area is 335 Å². The number of hydrogen-bond acceptors (Lipinski definition) is 5. The van der Waals surface area contributed by atoms with Gasteiger partial charge in [0.2, 0.25) is 0 Å². The molecule has 57 heavy (non-hydrogen) atoms. The molecule has 8 aromatic carbocycles. The Hall–Kier alpha value is -6.99. The third kappa shape index (κ3) is 5.15. The maximum Gasteiger partial charge on any atom is 0.164 e. The Balaban J connectivity index is 0.984. The average molecular weight is 763 g/mol. The average Bonchev–Trinajstić information content (AvgIpc) is 3.96. The second-order valence-corrected chi connectivity index (χ2v) is 16.5. The first-order chi connectivity index (χ1) is 28.2. The summed E-state index contributed by atoms with van der Waals surface area (Å²) in [7, 11) is 0. The van der Waals surface area contributed by atoms with Crippen molar-refractivity contribution in [2.45, 2.75) is 0 Å². The highest BCUT2D eigenvalue weighted by Crippen LogP contribution is 2.45. The second-order valence-electron chi connectivity index (χ2n) is 14.4. The van der Waals surface area contributed by atoms with Crippen LogP contribution in [0.15, 0.2) is 182 Å². The van der Waals surface area contributed by atoms with Crippen LogP contribution >= 0.6 is 22.7 Å². The minimum absolute atomic E-state index is 0.664. The van der Waals surface area contributed by atoms with E-state index in [2.05, 4.69) is 126 Å². The van der Waals surface area contributed by atoms with Crippen LogP contribution in [0.2, 0.25) is 0 Å². The number of thiophene rings is 2. The fourth-order valence-corrected chi connectivity index (χ4v) is 10.9. The highest BCUT2D eigenvalue weighted by Gasteiger charge is 2.19. The van der Waals surface area contributed by atoms with Crippen LogP contribution in [-0.2, 0) is 0 Å². The minimum atomic E-state index is 0.664. The van der Waals surface area contributed by atoms with Gasteiger partial charge in [-0.05, 0) is 41.5 Å². The van der Waals surface area contributed by atoms with E-state index < -0.39 is 0 Å². The molecule has 0 aliphatic heterocycles. The highest BCUT2D eigenvalue weighted by molar-refractivity contribution is 7.27. The molecule has 4 nitrogen and oxygen atoms in total. The largest absolute Gasteiger partial charge is 0.308 e. The van der Waals surface area contributed by atoms with Crippen molar-refractivity contribution in [3.63, 3.8) is 0 Å². The molecule has 12 rings (SSSR count). The summed E-state index contributed by atoms with van der Waals surface area (Å²) >= 11 is 3.72. The van der Waals surface area contributed by atoms with Crippen LogP contribution < -0.4 is 0 Å². The van der Waals surface area contributed by atoms with Crippen LogP contribution in [-0.4, -0.2) is 19.5 Å². The highest BCUT2D eigenvalue weighted by atomic mass is 32.1. The van der Waals surface area contributed by atoms with Crippen molar-refractivity contribution in [2.24, 2.45) is 0 Å². The van der Waals surface area contributed by atoms with Crippen molar-refractivity contribution in [3.8, 4) is 51.0 Å². The van der Waals surface area contributed by atoms with E-state index in [0.717, 1.165) is 16.7 Å². The van der Waals surface area contributed by atoms with Gasteiger partial charge in [0, 0.05) is 63.1 Å². The molecule has 4 heterocycles. The second kappa shape index (κ2) is 12.8. The molecule has 0 unspecified atom stereocenters. The molecule has 4 aromatic heterocycles. The van der Waals surface area contributed by atoms with E-state index in [9.17, 15) is 0 Å². The summed E-state index contributed by atoms with van der Waals surface area (Å²) < 4.78 is 7.51. The maximum absolute atomic E-state index is 5.01. The van der Waals surface area contributed by atoms with Crippen molar-refractivity contribution in [2.75, 3.05) is 0 Å². The van der Waals surface area contributed by atoms with Crippen LogP contribution in [0, 0.1) is 0 Å². The molecule has 0 N–H and O–H groups in total. The molecule has 0 saturated heterocycles. The first-order valence-corrected chi connectivity index (χ1v) is 20.7. The Kier molecular flexibility index (Phi) is 7.24. The first-order valence-electron chi connectivity index (χ1n) is 19.0. The number of fused-ring (bicyclic) bond motifs is 9. The zero-order valence-electron chi connectivity index (χ0n) is 30.4. The fourth-order valence-electron chi connectivity index (χ4n) is 8.41. The van der Waals surface area contributed by atoms with Gasteiger partial charge in [-0.3, -0.25) is 0 Å². The van der Waals surface area contributed by atoms with Gasteiger partial charge in [-0.15, -0.1) is 22.7 Å². The lowest BCUT2D eigenvalue weighted by molar-refractivity contribution is 1.07. The molecule has 0 aliphatic carbocycles. The molecule has 0 atom stereocenters. The molecular weight excluding hydrogens is 733 g/mol. The zero-order chi connectivity index (χ0) is 37.5. The van der Waals surface area contributed by atoms with Gasteiger partial charge in [-0.25, -0.2) is 15.0 Å². The Morgan fingerprint density at radius 2 is 0.807 bits per heavy atom. The van der Waals surface area contributed by atoms with Crippen molar-refractivity contribution < 1.29 is 0 Å². The lowest BCUT2D eigenvalue weighted by Gasteiger charge is -2.09. The summed E-state index contributed by atoms with van der Waals surface area (Å²) in [6, 6.07) is 64.9. The SMILES string of the molecule is c1ccc(-c2nc(-c3ccccc3)nc(-c3ccc4c(c3)sc3c(-c5ccc6c(c5)sc5c(-n7c8ccccc8c8ccccc87)cccc56)cccc34)n2)cc1. The number of para-hydroxylation sites is 2. The summed E-state index contributed by atoms with van der Waals surface area (Å²) in [5.41, 5.74) is 9.05.